The number of anilines is 1. The van der Waals surface area contributed by atoms with Crippen molar-refractivity contribution >= 4 is 17.5 Å². The smallest absolute Gasteiger partial charge is 0.252 e. The average molecular weight is 362 g/mol. The van der Waals surface area contributed by atoms with Gasteiger partial charge >= 0.3 is 0 Å². The number of methoxy groups -OCH3 is 1. The van der Waals surface area contributed by atoms with Crippen molar-refractivity contribution in [2.24, 2.45) is 0 Å². The molecule has 136 valence electrons. The van der Waals surface area contributed by atoms with Gasteiger partial charge in [0, 0.05) is 23.7 Å². The Balaban J connectivity index is 1.54. The molecule has 27 heavy (non-hydrogen) atoms. The second-order valence-corrected chi connectivity index (χ2v) is 6.28. The van der Waals surface area contributed by atoms with Crippen LogP contribution in [0.2, 0.25) is 0 Å². The summed E-state index contributed by atoms with van der Waals surface area (Å²) in [6.07, 6.45) is 3.94. The summed E-state index contributed by atoms with van der Waals surface area (Å²) in [5.74, 6) is 0.0103. The van der Waals surface area contributed by atoms with Gasteiger partial charge in [-0.05, 0) is 29.3 Å². The van der Waals surface area contributed by atoms with Gasteiger partial charge in [-0.25, -0.2) is 0 Å². The molecule has 1 aliphatic heterocycles. The van der Waals surface area contributed by atoms with Crippen molar-refractivity contribution in [2.45, 2.75) is 12.5 Å². The molecule has 3 aromatic rings. The SMILES string of the molecule is COc1cc(-c2cn[nH]c2)ccc1NC(=O)[C@@H]1Cc2ccccc2C(=O)N1. The van der Waals surface area contributed by atoms with Gasteiger partial charge in [-0.2, -0.15) is 5.10 Å². The number of carbonyl (C=O) groups is 2. The van der Waals surface area contributed by atoms with Gasteiger partial charge in [0.2, 0.25) is 5.91 Å². The first-order valence-corrected chi connectivity index (χ1v) is 8.52. The zero-order chi connectivity index (χ0) is 18.8. The van der Waals surface area contributed by atoms with Crippen LogP contribution >= 0.6 is 0 Å². The Hall–Kier alpha value is -3.61. The molecule has 0 saturated carbocycles. The minimum absolute atomic E-state index is 0.237. The first kappa shape index (κ1) is 16.8. The highest BCUT2D eigenvalue weighted by atomic mass is 16.5. The van der Waals surface area contributed by atoms with Gasteiger partial charge < -0.3 is 15.4 Å². The zero-order valence-electron chi connectivity index (χ0n) is 14.7. The van der Waals surface area contributed by atoms with Gasteiger partial charge in [0.05, 0.1) is 19.0 Å². The van der Waals surface area contributed by atoms with Crippen molar-refractivity contribution in [3.8, 4) is 16.9 Å². The Morgan fingerprint density at radius 3 is 2.85 bits per heavy atom. The normalized spacial score (nSPS) is 15.6. The van der Waals surface area contributed by atoms with Crippen molar-refractivity contribution in [3.05, 3.63) is 66.0 Å². The number of H-pyrrole nitrogens is 1. The van der Waals surface area contributed by atoms with E-state index < -0.39 is 6.04 Å². The van der Waals surface area contributed by atoms with Crippen molar-refractivity contribution in [1.29, 1.82) is 0 Å². The maximum Gasteiger partial charge on any atom is 0.252 e. The zero-order valence-corrected chi connectivity index (χ0v) is 14.7. The van der Waals surface area contributed by atoms with Crippen LogP contribution in [0, 0.1) is 0 Å². The second-order valence-electron chi connectivity index (χ2n) is 6.28. The van der Waals surface area contributed by atoms with Crippen molar-refractivity contribution < 1.29 is 14.3 Å². The molecule has 0 fully saturated rings. The van der Waals surface area contributed by atoms with Crippen molar-refractivity contribution in [3.63, 3.8) is 0 Å². The number of ether oxygens (including phenoxy) is 1. The van der Waals surface area contributed by atoms with E-state index in [0.717, 1.165) is 16.7 Å². The van der Waals surface area contributed by atoms with Crippen LogP contribution in [-0.4, -0.2) is 35.2 Å². The number of aromatic amines is 1. The van der Waals surface area contributed by atoms with Crippen LogP contribution < -0.4 is 15.4 Å². The van der Waals surface area contributed by atoms with Crippen LogP contribution in [-0.2, 0) is 11.2 Å². The monoisotopic (exact) mass is 362 g/mol. The molecule has 0 aliphatic carbocycles. The van der Waals surface area contributed by atoms with E-state index in [-0.39, 0.29) is 11.8 Å². The Morgan fingerprint density at radius 2 is 2.07 bits per heavy atom. The molecule has 0 unspecified atom stereocenters. The first-order valence-electron chi connectivity index (χ1n) is 8.52. The van der Waals surface area contributed by atoms with Crippen LogP contribution in [0.25, 0.3) is 11.1 Å². The Bertz CT molecular complexity index is 998. The fourth-order valence-corrected chi connectivity index (χ4v) is 3.19. The van der Waals surface area contributed by atoms with Gasteiger partial charge in [0.15, 0.2) is 0 Å². The molecule has 7 heteroatoms. The molecule has 3 N–H and O–H groups in total. The van der Waals surface area contributed by atoms with Gasteiger partial charge in [-0.1, -0.05) is 24.3 Å². The van der Waals surface area contributed by atoms with Crippen LogP contribution in [0.4, 0.5) is 5.69 Å². The largest absolute Gasteiger partial charge is 0.495 e. The number of aromatic nitrogens is 2. The molecule has 4 rings (SSSR count). The summed E-state index contributed by atoms with van der Waals surface area (Å²) in [6, 6.07) is 12.1. The second kappa shape index (κ2) is 6.95. The third kappa shape index (κ3) is 3.27. The van der Waals surface area contributed by atoms with Crippen molar-refractivity contribution in [2.75, 3.05) is 12.4 Å². The average Bonchev–Trinajstić information content (AvgIpc) is 3.23. The number of hydrogen-bond donors (Lipinski definition) is 3. The van der Waals surface area contributed by atoms with Crippen LogP contribution in [0.15, 0.2) is 54.9 Å². The quantitative estimate of drug-likeness (QED) is 0.664. The lowest BCUT2D eigenvalue weighted by molar-refractivity contribution is -0.118. The highest BCUT2D eigenvalue weighted by molar-refractivity contribution is 6.04. The van der Waals surface area contributed by atoms with E-state index in [2.05, 4.69) is 20.8 Å². The molecule has 0 bridgehead atoms. The number of benzene rings is 2. The maximum absolute atomic E-state index is 12.7. The van der Waals surface area contributed by atoms with E-state index in [0.29, 0.717) is 23.4 Å². The first-order chi connectivity index (χ1) is 13.2. The standard InChI is InChI=1S/C20H18N4O3/c1-27-18-9-12(14-10-21-22-11-14)6-7-16(18)23-20(26)17-8-13-4-2-3-5-15(13)19(25)24-17/h2-7,9-11,17H,8H2,1H3,(H,21,22)(H,23,26)(H,24,25)/t17-/m0/s1. The van der Waals surface area contributed by atoms with E-state index in [9.17, 15) is 9.59 Å². The summed E-state index contributed by atoms with van der Waals surface area (Å²) in [4.78, 5) is 24.9. The molecule has 0 saturated heterocycles. The molecule has 1 aliphatic rings. The molecule has 0 radical (unpaired) electrons. The molecule has 1 aromatic heterocycles. The molecule has 2 heterocycles. The summed E-state index contributed by atoms with van der Waals surface area (Å²) < 4.78 is 5.42. The topological polar surface area (TPSA) is 96.1 Å². The van der Waals surface area contributed by atoms with E-state index >= 15 is 0 Å². The lowest BCUT2D eigenvalue weighted by Gasteiger charge is -2.25. The molecule has 1 atom stereocenters. The minimum atomic E-state index is -0.634. The van der Waals surface area contributed by atoms with Crippen molar-refractivity contribution in [1.82, 2.24) is 15.5 Å². The number of fused-ring (bicyclic) bond motifs is 1. The van der Waals surface area contributed by atoms with E-state index in [1.807, 2.05) is 30.3 Å². The molecule has 2 aromatic carbocycles. The number of amides is 2. The fourth-order valence-electron chi connectivity index (χ4n) is 3.19. The third-order valence-electron chi connectivity index (χ3n) is 4.60. The Morgan fingerprint density at radius 1 is 1.22 bits per heavy atom. The van der Waals surface area contributed by atoms with Gasteiger partial charge in [-0.15, -0.1) is 0 Å². The number of carbonyl (C=O) groups excluding carboxylic acids is 2. The Kier molecular flexibility index (Phi) is 4.33. The molecular formula is C20H18N4O3. The van der Waals surface area contributed by atoms with Gasteiger partial charge in [0.1, 0.15) is 11.8 Å². The summed E-state index contributed by atoms with van der Waals surface area (Å²) in [5, 5.41) is 12.3. The van der Waals surface area contributed by atoms with Crippen LogP contribution in [0.1, 0.15) is 15.9 Å². The fraction of sp³-hybridized carbons (Fsp3) is 0.150. The summed E-state index contributed by atoms with van der Waals surface area (Å²) in [6.45, 7) is 0. The number of nitrogens with zero attached hydrogens (tertiary/aromatic N) is 1. The summed E-state index contributed by atoms with van der Waals surface area (Å²) >= 11 is 0. The lowest BCUT2D eigenvalue weighted by atomic mass is 9.95. The third-order valence-corrected chi connectivity index (χ3v) is 4.60. The number of rotatable bonds is 4. The number of nitrogens with one attached hydrogen (secondary N) is 3. The summed E-state index contributed by atoms with van der Waals surface area (Å²) in [5.41, 5.74) is 3.86. The predicted molar refractivity (Wildman–Crippen MR) is 101 cm³/mol. The Labute approximate surface area is 155 Å². The van der Waals surface area contributed by atoms with Gasteiger partial charge in [-0.3, -0.25) is 14.7 Å². The summed E-state index contributed by atoms with van der Waals surface area (Å²) in [7, 11) is 1.54. The van der Waals surface area contributed by atoms with Crippen LogP contribution in [0.5, 0.6) is 5.75 Å². The highest BCUT2D eigenvalue weighted by Gasteiger charge is 2.29. The lowest BCUT2D eigenvalue weighted by Crippen LogP contribution is -2.48. The van der Waals surface area contributed by atoms with Gasteiger partial charge in [0.25, 0.3) is 5.91 Å². The van der Waals surface area contributed by atoms with E-state index in [1.165, 1.54) is 0 Å². The maximum atomic E-state index is 12.7. The molecule has 2 amide bonds. The van der Waals surface area contributed by atoms with Crippen LogP contribution in [0.3, 0.4) is 0 Å². The highest BCUT2D eigenvalue weighted by Crippen LogP contribution is 2.30. The van der Waals surface area contributed by atoms with E-state index in [4.69, 9.17) is 4.74 Å². The molecule has 7 nitrogen and oxygen atoms in total. The minimum Gasteiger partial charge on any atom is -0.495 e. The molecular weight excluding hydrogens is 344 g/mol. The van der Waals surface area contributed by atoms with E-state index in [1.54, 1.807) is 31.6 Å². The number of hydrogen-bond acceptors (Lipinski definition) is 4. The predicted octanol–water partition coefficient (Wildman–Crippen LogP) is 2.38. The molecule has 0 spiro atoms.